The van der Waals surface area contributed by atoms with Gasteiger partial charge in [-0.3, -0.25) is 0 Å². The first-order chi connectivity index (χ1) is 5.40. The maximum atomic E-state index is 4.58. The minimum Gasteiger partial charge on any atom is -0.229 e. The zero-order valence-corrected chi connectivity index (χ0v) is 7.18. The fourth-order valence-corrected chi connectivity index (χ4v) is 2.15. The molecule has 3 unspecified atom stereocenters. The van der Waals surface area contributed by atoms with Crippen molar-refractivity contribution >= 4 is 17.4 Å². The maximum Gasteiger partial charge on any atom is 0.0608 e. The van der Waals surface area contributed by atoms with Crippen molar-refractivity contribution in [1.29, 1.82) is 0 Å². The molecule has 1 saturated carbocycles. The van der Waals surface area contributed by atoms with Gasteiger partial charge in [0, 0.05) is 0 Å². The fraction of sp³-hybridized carbons (Fsp3) is 0.667. The van der Waals surface area contributed by atoms with Crippen molar-refractivity contribution in [1.82, 2.24) is 0 Å². The molecule has 0 radical (unpaired) electrons. The zero-order valence-electron chi connectivity index (χ0n) is 6.36. The number of rotatable bonds is 1. The average molecular weight is 165 g/mol. The van der Waals surface area contributed by atoms with E-state index in [0.717, 1.165) is 11.8 Å². The smallest absolute Gasteiger partial charge is 0.0608 e. The SMILES string of the molecule is S=C=NC1CCC2C=CC2C1. The van der Waals surface area contributed by atoms with Gasteiger partial charge in [-0.25, -0.2) is 4.99 Å². The third-order valence-electron chi connectivity index (χ3n) is 2.77. The summed E-state index contributed by atoms with van der Waals surface area (Å²) in [5.41, 5.74) is 0. The molecule has 0 amide bonds. The first-order valence-corrected chi connectivity index (χ1v) is 4.56. The van der Waals surface area contributed by atoms with Gasteiger partial charge in [0.15, 0.2) is 0 Å². The third-order valence-corrected chi connectivity index (χ3v) is 2.87. The molecule has 11 heavy (non-hydrogen) atoms. The van der Waals surface area contributed by atoms with Gasteiger partial charge in [-0.2, -0.15) is 0 Å². The van der Waals surface area contributed by atoms with Crippen LogP contribution in [0.5, 0.6) is 0 Å². The summed E-state index contributed by atoms with van der Waals surface area (Å²) in [6.45, 7) is 0. The summed E-state index contributed by atoms with van der Waals surface area (Å²) in [5.74, 6) is 1.67. The highest BCUT2D eigenvalue weighted by Crippen LogP contribution is 2.39. The molecule has 1 nitrogen and oxygen atoms in total. The topological polar surface area (TPSA) is 12.4 Å². The molecule has 1 fully saturated rings. The molecular weight excluding hydrogens is 154 g/mol. The average Bonchev–Trinajstić information content (AvgIpc) is 1.96. The highest BCUT2D eigenvalue weighted by atomic mass is 32.1. The van der Waals surface area contributed by atoms with Crippen LogP contribution in [0.3, 0.4) is 0 Å². The Balaban J connectivity index is 1.98. The van der Waals surface area contributed by atoms with E-state index in [9.17, 15) is 0 Å². The van der Waals surface area contributed by atoms with Gasteiger partial charge in [0.2, 0.25) is 0 Å². The lowest BCUT2D eigenvalue weighted by molar-refractivity contribution is 0.276. The van der Waals surface area contributed by atoms with Crippen LogP contribution < -0.4 is 0 Å². The van der Waals surface area contributed by atoms with Crippen molar-refractivity contribution in [3.63, 3.8) is 0 Å². The van der Waals surface area contributed by atoms with Gasteiger partial charge in [-0.05, 0) is 43.3 Å². The van der Waals surface area contributed by atoms with E-state index in [-0.39, 0.29) is 0 Å². The molecule has 0 heterocycles. The molecule has 2 rings (SSSR count). The number of thiocarbonyl (C=S) groups is 1. The third kappa shape index (κ3) is 1.29. The van der Waals surface area contributed by atoms with E-state index < -0.39 is 0 Å². The second-order valence-corrected chi connectivity index (χ2v) is 3.58. The number of nitrogens with zero attached hydrogens (tertiary/aromatic N) is 1. The summed E-state index contributed by atoms with van der Waals surface area (Å²) < 4.78 is 0. The predicted octanol–water partition coefficient (Wildman–Crippen LogP) is 2.44. The van der Waals surface area contributed by atoms with Crippen molar-refractivity contribution in [2.75, 3.05) is 0 Å². The predicted molar refractivity (Wildman–Crippen MR) is 48.8 cm³/mol. The van der Waals surface area contributed by atoms with Gasteiger partial charge in [0.25, 0.3) is 0 Å². The van der Waals surface area contributed by atoms with Crippen LogP contribution in [0.1, 0.15) is 19.3 Å². The molecule has 0 spiro atoms. The Labute approximate surface area is 72.2 Å². The Morgan fingerprint density at radius 2 is 2.09 bits per heavy atom. The number of fused-ring (bicyclic) bond motifs is 1. The molecule has 0 aromatic heterocycles. The van der Waals surface area contributed by atoms with Crippen LogP contribution in [-0.4, -0.2) is 11.2 Å². The maximum absolute atomic E-state index is 4.58. The monoisotopic (exact) mass is 165 g/mol. The molecule has 2 aliphatic rings. The number of hydrogen-bond donors (Lipinski definition) is 0. The Morgan fingerprint density at radius 1 is 1.27 bits per heavy atom. The normalized spacial score (nSPS) is 40.2. The van der Waals surface area contributed by atoms with Crippen molar-refractivity contribution in [2.45, 2.75) is 25.3 Å². The van der Waals surface area contributed by atoms with Crippen molar-refractivity contribution < 1.29 is 0 Å². The summed E-state index contributed by atoms with van der Waals surface area (Å²) in [4.78, 5) is 4.13. The Bertz CT molecular complexity index is 228. The molecule has 2 aliphatic carbocycles. The lowest BCUT2D eigenvalue weighted by atomic mass is 9.70. The molecule has 0 saturated heterocycles. The van der Waals surface area contributed by atoms with E-state index in [1.807, 2.05) is 0 Å². The Hall–Kier alpha value is -0.460. The van der Waals surface area contributed by atoms with Gasteiger partial charge in [0.05, 0.1) is 11.2 Å². The summed E-state index contributed by atoms with van der Waals surface area (Å²) in [6, 6.07) is 0.471. The summed E-state index contributed by atoms with van der Waals surface area (Å²) in [6.07, 6.45) is 8.32. The number of aliphatic imine (C=N–C) groups is 1. The van der Waals surface area contributed by atoms with Gasteiger partial charge in [-0.1, -0.05) is 12.2 Å². The molecule has 2 heteroatoms. The van der Waals surface area contributed by atoms with E-state index in [4.69, 9.17) is 0 Å². The highest BCUT2D eigenvalue weighted by molar-refractivity contribution is 7.78. The zero-order chi connectivity index (χ0) is 7.68. The van der Waals surface area contributed by atoms with E-state index in [1.165, 1.54) is 19.3 Å². The van der Waals surface area contributed by atoms with Crippen LogP contribution in [0.2, 0.25) is 0 Å². The second kappa shape index (κ2) is 2.88. The summed E-state index contributed by atoms with van der Waals surface area (Å²) in [5, 5.41) is 2.48. The van der Waals surface area contributed by atoms with E-state index in [1.54, 1.807) is 0 Å². The van der Waals surface area contributed by atoms with E-state index >= 15 is 0 Å². The molecule has 0 N–H and O–H groups in total. The van der Waals surface area contributed by atoms with Crippen molar-refractivity contribution in [3.05, 3.63) is 12.2 Å². The summed E-state index contributed by atoms with van der Waals surface area (Å²) >= 11 is 4.58. The number of hydrogen-bond acceptors (Lipinski definition) is 2. The molecule has 58 valence electrons. The minimum absolute atomic E-state index is 0.471. The van der Waals surface area contributed by atoms with Crippen LogP contribution in [-0.2, 0) is 0 Å². The van der Waals surface area contributed by atoms with Crippen LogP contribution >= 0.6 is 12.2 Å². The minimum atomic E-state index is 0.471. The van der Waals surface area contributed by atoms with Gasteiger partial charge in [-0.15, -0.1) is 0 Å². The Morgan fingerprint density at radius 3 is 2.64 bits per heavy atom. The van der Waals surface area contributed by atoms with Crippen molar-refractivity contribution in [2.24, 2.45) is 16.8 Å². The van der Waals surface area contributed by atoms with E-state index in [2.05, 4.69) is 34.5 Å². The van der Waals surface area contributed by atoms with Crippen LogP contribution in [0.15, 0.2) is 17.1 Å². The second-order valence-electron chi connectivity index (χ2n) is 3.40. The molecular formula is C9H11NS. The highest BCUT2D eigenvalue weighted by Gasteiger charge is 2.31. The molecule has 0 aliphatic heterocycles. The van der Waals surface area contributed by atoms with Gasteiger partial charge < -0.3 is 0 Å². The van der Waals surface area contributed by atoms with Gasteiger partial charge in [0.1, 0.15) is 0 Å². The summed E-state index contributed by atoms with van der Waals surface area (Å²) in [7, 11) is 0. The van der Waals surface area contributed by atoms with E-state index in [0.29, 0.717) is 6.04 Å². The quantitative estimate of drug-likeness (QED) is 0.330. The molecule has 3 atom stereocenters. The standard InChI is InChI=1S/C9H11NS/c11-6-10-9-4-3-7-1-2-8(7)5-9/h1-2,7-9H,3-5H2. The van der Waals surface area contributed by atoms with Crippen LogP contribution in [0, 0.1) is 11.8 Å². The number of allylic oxidation sites excluding steroid dienone is 2. The first-order valence-electron chi connectivity index (χ1n) is 4.15. The van der Waals surface area contributed by atoms with Crippen LogP contribution in [0.4, 0.5) is 0 Å². The lowest BCUT2D eigenvalue weighted by Gasteiger charge is -2.36. The van der Waals surface area contributed by atoms with Crippen LogP contribution in [0.25, 0.3) is 0 Å². The van der Waals surface area contributed by atoms with Gasteiger partial charge >= 0.3 is 0 Å². The largest absolute Gasteiger partial charge is 0.229 e. The molecule has 0 aromatic carbocycles. The number of isothiocyanates is 1. The first kappa shape index (κ1) is 7.20. The molecule has 0 aromatic rings. The lowest BCUT2D eigenvalue weighted by Crippen LogP contribution is -2.29. The Kier molecular flexibility index (Phi) is 1.89. The van der Waals surface area contributed by atoms with Crippen molar-refractivity contribution in [3.8, 4) is 0 Å². The fourth-order valence-electron chi connectivity index (χ4n) is 2.00. The molecule has 0 bridgehead atoms.